The van der Waals surface area contributed by atoms with E-state index in [0.29, 0.717) is 18.1 Å². The first-order valence-electron chi connectivity index (χ1n) is 6.12. The third kappa shape index (κ3) is 2.00. The van der Waals surface area contributed by atoms with Crippen molar-refractivity contribution >= 4 is 0 Å². The minimum Gasteiger partial charge on any atom is -0.376 e. The Morgan fingerprint density at radius 2 is 2.12 bits per heavy atom. The molecule has 0 bridgehead atoms. The van der Waals surface area contributed by atoms with Gasteiger partial charge in [-0.3, -0.25) is 0 Å². The Bertz CT molecular complexity index is 347. The molecule has 1 aliphatic carbocycles. The summed E-state index contributed by atoms with van der Waals surface area (Å²) in [5.74, 6) is 1.38. The molecule has 2 heteroatoms. The van der Waals surface area contributed by atoms with Crippen LogP contribution in [0.15, 0.2) is 30.3 Å². The van der Waals surface area contributed by atoms with Crippen LogP contribution in [-0.4, -0.2) is 18.8 Å². The van der Waals surface area contributed by atoms with Crippen molar-refractivity contribution < 1.29 is 9.47 Å². The standard InChI is InChI=1S/C14H18O2/c1-10-7-13-14(16-13)12(10)9-15-8-11-5-3-2-4-6-11/h2-6,10,12-14H,7-9H2,1H3/t10-,12+,13+,14-/m1/s1. The Hall–Kier alpha value is -0.860. The van der Waals surface area contributed by atoms with E-state index in [1.807, 2.05) is 6.07 Å². The normalized spacial score (nSPS) is 36.1. The van der Waals surface area contributed by atoms with Crippen molar-refractivity contribution in [1.82, 2.24) is 0 Å². The summed E-state index contributed by atoms with van der Waals surface area (Å²) in [5, 5.41) is 0. The van der Waals surface area contributed by atoms with Gasteiger partial charge in [-0.05, 0) is 17.9 Å². The van der Waals surface area contributed by atoms with Crippen molar-refractivity contribution in [3.8, 4) is 0 Å². The molecule has 0 unspecified atom stereocenters. The molecule has 1 saturated carbocycles. The highest BCUT2D eigenvalue weighted by atomic mass is 16.6. The van der Waals surface area contributed by atoms with Crippen molar-refractivity contribution in [2.75, 3.05) is 6.61 Å². The number of benzene rings is 1. The maximum atomic E-state index is 5.79. The summed E-state index contributed by atoms with van der Waals surface area (Å²) >= 11 is 0. The van der Waals surface area contributed by atoms with Crippen LogP contribution in [0.5, 0.6) is 0 Å². The number of rotatable bonds is 4. The third-order valence-electron chi connectivity index (χ3n) is 3.80. The predicted molar refractivity (Wildman–Crippen MR) is 62.0 cm³/mol. The van der Waals surface area contributed by atoms with Crippen molar-refractivity contribution in [2.24, 2.45) is 11.8 Å². The molecule has 3 rings (SSSR count). The van der Waals surface area contributed by atoms with Crippen LogP contribution in [0.1, 0.15) is 18.9 Å². The third-order valence-corrected chi connectivity index (χ3v) is 3.80. The molecule has 0 N–H and O–H groups in total. The molecule has 16 heavy (non-hydrogen) atoms. The SMILES string of the molecule is C[C@@H]1C[C@@H]2O[C@@H]2[C@H]1COCc1ccccc1. The van der Waals surface area contributed by atoms with E-state index in [1.165, 1.54) is 12.0 Å². The molecule has 1 aromatic carbocycles. The van der Waals surface area contributed by atoms with E-state index in [-0.39, 0.29) is 0 Å². The highest BCUT2D eigenvalue weighted by Gasteiger charge is 2.53. The zero-order chi connectivity index (χ0) is 11.0. The van der Waals surface area contributed by atoms with Crippen LogP contribution in [0.3, 0.4) is 0 Å². The topological polar surface area (TPSA) is 21.8 Å². The Morgan fingerprint density at radius 1 is 1.31 bits per heavy atom. The van der Waals surface area contributed by atoms with Gasteiger partial charge in [-0.25, -0.2) is 0 Å². The molecule has 0 spiro atoms. The van der Waals surface area contributed by atoms with Gasteiger partial charge in [0.05, 0.1) is 25.4 Å². The number of ether oxygens (including phenoxy) is 2. The number of hydrogen-bond acceptors (Lipinski definition) is 2. The first kappa shape index (κ1) is 10.3. The van der Waals surface area contributed by atoms with E-state index in [4.69, 9.17) is 9.47 Å². The maximum absolute atomic E-state index is 5.79. The van der Waals surface area contributed by atoms with E-state index >= 15 is 0 Å². The lowest BCUT2D eigenvalue weighted by atomic mass is 9.98. The van der Waals surface area contributed by atoms with Gasteiger partial charge in [0, 0.05) is 5.92 Å². The fourth-order valence-corrected chi connectivity index (χ4v) is 2.73. The Morgan fingerprint density at radius 3 is 2.81 bits per heavy atom. The van der Waals surface area contributed by atoms with Gasteiger partial charge in [-0.2, -0.15) is 0 Å². The average molecular weight is 218 g/mol. The summed E-state index contributed by atoms with van der Waals surface area (Å²) in [6, 6.07) is 10.3. The molecule has 0 aromatic heterocycles. The Labute approximate surface area is 96.6 Å². The first-order chi connectivity index (χ1) is 7.84. The smallest absolute Gasteiger partial charge is 0.0894 e. The predicted octanol–water partition coefficient (Wildman–Crippen LogP) is 2.63. The molecule has 1 aliphatic heterocycles. The van der Waals surface area contributed by atoms with Crippen LogP contribution in [0.4, 0.5) is 0 Å². The van der Waals surface area contributed by atoms with Gasteiger partial charge in [0.1, 0.15) is 0 Å². The molecular weight excluding hydrogens is 200 g/mol. The fourth-order valence-electron chi connectivity index (χ4n) is 2.73. The van der Waals surface area contributed by atoms with Crippen molar-refractivity contribution in [2.45, 2.75) is 32.2 Å². The largest absolute Gasteiger partial charge is 0.376 e. The molecule has 1 heterocycles. The van der Waals surface area contributed by atoms with Crippen LogP contribution in [0.25, 0.3) is 0 Å². The van der Waals surface area contributed by atoms with Crippen LogP contribution < -0.4 is 0 Å². The highest BCUT2D eigenvalue weighted by molar-refractivity contribution is 5.13. The molecule has 2 aliphatic rings. The second-order valence-electron chi connectivity index (χ2n) is 5.02. The maximum Gasteiger partial charge on any atom is 0.0894 e. The second kappa shape index (κ2) is 4.19. The van der Waals surface area contributed by atoms with Crippen LogP contribution in [0.2, 0.25) is 0 Å². The number of hydrogen-bond donors (Lipinski definition) is 0. The van der Waals surface area contributed by atoms with Crippen LogP contribution >= 0.6 is 0 Å². The molecule has 86 valence electrons. The molecule has 0 radical (unpaired) electrons. The minimum absolute atomic E-state index is 0.505. The zero-order valence-electron chi connectivity index (χ0n) is 9.63. The summed E-state index contributed by atoms with van der Waals surface area (Å²) < 4.78 is 11.3. The van der Waals surface area contributed by atoms with Gasteiger partial charge < -0.3 is 9.47 Å². The second-order valence-corrected chi connectivity index (χ2v) is 5.02. The van der Waals surface area contributed by atoms with Crippen molar-refractivity contribution in [3.63, 3.8) is 0 Å². The quantitative estimate of drug-likeness (QED) is 0.725. The highest BCUT2D eigenvalue weighted by Crippen LogP contribution is 2.46. The van der Waals surface area contributed by atoms with E-state index in [0.717, 1.165) is 19.1 Å². The molecule has 1 saturated heterocycles. The van der Waals surface area contributed by atoms with Crippen molar-refractivity contribution in [1.29, 1.82) is 0 Å². The number of fused-ring (bicyclic) bond motifs is 1. The van der Waals surface area contributed by atoms with Gasteiger partial charge in [-0.15, -0.1) is 0 Å². The van der Waals surface area contributed by atoms with Crippen LogP contribution in [0, 0.1) is 11.8 Å². The molecule has 2 nitrogen and oxygen atoms in total. The summed E-state index contributed by atoms with van der Waals surface area (Å²) in [5.41, 5.74) is 1.25. The Kier molecular flexibility index (Phi) is 2.70. The molecule has 0 amide bonds. The summed E-state index contributed by atoms with van der Waals surface area (Å²) in [6.07, 6.45) is 2.29. The average Bonchev–Trinajstić information content (AvgIpc) is 2.98. The van der Waals surface area contributed by atoms with E-state index < -0.39 is 0 Å². The monoisotopic (exact) mass is 218 g/mol. The lowest BCUT2D eigenvalue weighted by Crippen LogP contribution is -2.19. The van der Waals surface area contributed by atoms with E-state index in [2.05, 4.69) is 31.2 Å². The summed E-state index contributed by atoms with van der Waals surface area (Å²) in [6.45, 7) is 3.88. The first-order valence-corrected chi connectivity index (χ1v) is 6.12. The van der Waals surface area contributed by atoms with Crippen LogP contribution in [-0.2, 0) is 16.1 Å². The van der Waals surface area contributed by atoms with Crippen molar-refractivity contribution in [3.05, 3.63) is 35.9 Å². The summed E-state index contributed by atoms with van der Waals surface area (Å²) in [4.78, 5) is 0. The van der Waals surface area contributed by atoms with Gasteiger partial charge >= 0.3 is 0 Å². The molecule has 4 atom stereocenters. The van der Waals surface area contributed by atoms with E-state index in [1.54, 1.807) is 0 Å². The minimum atomic E-state index is 0.505. The lowest BCUT2D eigenvalue weighted by Gasteiger charge is -2.17. The molecule has 1 aromatic rings. The summed E-state index contributed by atoms with van der Waals surface area (Å²) in [7, 11) is 0. The number of epoxide rings is 1. The molecule has 2 fully saturated rings. The molecular formula is C14H18O2. The van der Waals surface area contributed by atoms with Gasteiger partial charge in [0.2, 0.25) is 0 Å². The van der Waals surface area contributed by atoms with Gasteiger partial charge in [0.15, 0.2) is 0 Å². The lowest BCUT2D eigenvalue weighted by molar-refractivity contribution is 0.0538. The van der Waals surface area contributed by atoms with E-state index in [9.17, 15) is 0 Å². The van der Waals surface area contributed by atoms with Gasteiger partial charge in [0.25, 0.3) is 0 Å². The fraction of sp³-hybridized carbons (Fsp3) is 0.571. The van der Waals surface area contributed by atoms with Gasteiger partial charge in [-0.1, -0.05) is 37.3 Å². The zero-order valence-corrected chi connectivity index (χ0v) is 9.63. The Balaban J connectivity index is 1.47.